The number of aliphatic hydroxyl groups is 1. The summed E-state index contributed by atoms with van der Waals surface area (Å²) in [5.41, 5.74) is 2.27. The molecule has 1 atom stereocenters. The van der Waals surface area contributed by atoms with E-state index in [2.05, 4.69) is 16.5 Å². The maximum Gasteiger partial charge on any atom is 0.350 e. The summed E-state index contributed by atoms with van der Waals surface area (Å²) in [6.07, 6.45) is 3.18. The summed E-state index contributed by atoms with van der Waals surface area (Å²) < 4.78 is 6.81. The van der Waals surface area contributed by atoms with Crippen LogP contribution in [0.4, 0.5) is 5.13 Å². The van der Waals surface area contributed by atoms with Gasteiger partial charge in [0.1, 0.15) is 22.8 Å². The number of pyridine rings is 1. The number of esters is 1. The first-order valence-electron chi connectivity index (χ1n) is 11.4. The zero-order valence-corrected chi connectivity index (χ0v) is 20.9. The van der Waals surface area contributed by atoms with E-state index in [1.807, 2.05) is 12.1 Å². The smallest absolute Gasteiger partial charge is 0.350 e. The highest BCUT2D eigenvalue weighted by molar-refractivity contribution is 7.17. The summed E-state index contributed by atoms with van der Waals surface area (Å²) in [4.78, 5) is 49.7. The Labute approximate surface area is 216 Å². The summed E-state index contributed by atoms with van der Waals surface area (Å²) in [6, 6.07) is 13.3. The molecule has 1 aromatic carbocycles. The Morgan fingerprint density at radius 3 is 2.57 bits per heavy atom. The van der Waals surface area contributed by atoms with Crippen LogP contribution < -0.4 is 4.90 Å². The average Bonchev–Trinajstić information content (AvgIpc) is 3.53. The van der Waals surface area contributed by atoms with E-state index in [1.54, 1.807) is 60.8 Å². The molecule has 5 rings (SSSR count). The molecule has 1 fully saturated rings. The number of hydrogen-bond acceptors (Lipinski definition) is 8. The predicted octanol–water partition coefficient (Wildman–Crippen LogP) is 4.38. The molecule has 1 N–H and O–H groups in total. The van der Waals surface area contributed by atoms with Gasteiger partial charge in [0.05, 0.1) is 23.0 Å². The van der Waals surface area contributed by atoms with E-state index in [0.29, 0.717) is 28.3 Å². The van der Waals surface area contributed by atoms with Gasteiger partial charge < -0.3 is 9.84 Å². The van der Waals surface area contributed by atoms with E-state index in [9.17, 15) is 19.5 Å². The maximum absolute atomic E-state index is 13.5. The number of aryl methyl sites for hydroxylation is 2. The van der Waals surface area contributed by atoms with Gasteiger partial charge in [0, 0.05) is 6.20 Å². The van der Waals surface area contributed by atoms with Crippen LogP contribution in [-0.4, -0.2) is 43.7 Å². The molecule has 9 nitrogen and oxygen atoms in total. The lowest BCUT2D eigenvalue weighted by atomic mass is 9.96. The lowest BCUT2D eigenvalue weighted by molar-refractivity contribution is -0.132. The number of thiazole rings is 1. The molecule has 0 saturated carbocycles. The number of hydrogen-bond donors (Lipinski definition) is 1. The Kier molecular flexibility index (Phi) is 6.18. The van der Waals surface area contributed by atoms with Gasteiger partial charge in [-0.2, -0.15) is 0 Å². The van der Waals surface area contributed by atoms with Crippen molar-refractivity contribution in [3.8, 4) is 0 Å². The summed E-state index contributed by atoms with van der Waals surface area (Å²) in [6.45, 7) is 6.91. The van der Waals surface area contributed by atoms with E-state index < -0.39 is 23.7 Å². The van der Waals surface area contributed by atoms with Gasteiger partial charge in [0.2, 0.25) is 0 Å². The van der Waals surface area contributed by atoms with Crippen LogP contribution in [0.5, 0.6) is 0 Å². The minimum Gasteiger partial charge on any atom is -0.505 e. The average molecular weight is 515 g/mol. The number of carbonyl (C=O) groups is 3. The number of carbonyl (C=O) groups excluding carboxylic acids is 3. The molecule has 0 radical (unpaired) electrons. The molecule has 1 unspecified atom stereocenters. The standard InChI is InChI=1S/C27H22N4O5S/c1-4-14-36-26(35)24-16(3)29-27(37-24)31-21(17-10-6-5-7-11-17)19(23(33)25(31)34)22(32)20-15(2)28-18-12-8-9-13-30(18)20/h4-13,21,32H,1,14H2,2-3H3. The highest BCUT2D eigenvalue weighted by Crippen LogP contribution is 2.44. The molecule has 10 heteroatoms. The van der Waals surface area contributed by atoms with Gasteiger partial charge in [-0.1, -0.05) is 60.4 Å². The molecule has 186 valence electrons. The Morgan fingerprint density at radius 1 is 1.11 bits per heavy atom. The van der Waals surface area contributed by atoms with Crippen molar-refractivity contribution in [2.24, 2.45) is 0 Å². The fourth-order valence-electron chi connectivity index (χ4n) is 4.38. The van der Waals surface area contributed by atoms with Crippen molar-refractivity contribution in [2.75, 3.05) is 11.5 Å². The molecule has 4 heterocycles. The number of fused-ring (bicyclic) bond motifs is 1. The maximum atomic E-state index is 13.5. The number of ketones is 1. The zero-order valence-electron chi connectivity index (χ0n) is 20.0. The first-order chi connectivity index (χ1) is 17.8. The number of amides is 1. The van der Waals surface area contributed by atoms with Gasteiger partial charge in [0.15, 0.2) is 10.9 Å². The lowest BCUT2D eigenvalue weighted by Crippen LogP contribution is -2.29. The van der Waals surface area contributed by atoms with Gasteiger partial charge in [-0.25, -0.2) is 14.8 Å². The SMILES string of the molecule is C=CCOC(=O)c1sc(N2C(=O)C(=O)C(=C(O)c3c(C)nc4ccccn34)C2c2ccccc2)nc1C. The predicted molar refractivity (Wildman–Crippen MR) is 138 cm³/mol. The third kappa shape index (κ3) is 4.01. The topological polar surface area (TPSA) is 114 Å². The van der Waals surface area contributed by atoms with Gasteiger partial charge in [-0.3, -0.25) is 18.9 Å². The summed E-state index contributed by atoms with van der Waals surface area (Å²) in [5, 5.41) is 11.7. The normalized spacial score (nSPS) is 16.9. The Balaban J connectivity index is 1.70. The molecule has 0 spiro atoms. The zero-order chi connectivity index (χ0) is 26.3. The van der Waals surface area contributed by atoms with Crippen LogP contribution in [0.3, 0.4) is 0 Å². The number of imidazole rings is 1. The van der Waals surface area contributed by atoms with Crippen LogP contribution in [-0.2, 0) is 14.3 Å². The second-order valence-corrected chi connectivity index (χ2v) is 9.33. The van der Waals surface area contributed by atoms with Crippen molar-refractivity contribution < 1.29 is 24.2 Å². The number of aromatic nitrogens is 3. The Morgan fingerprint density at radius 2 is 1.84 bits per heavy atom. The second kappa shape index (κ2) is 9.47. The number of Topliss-reactive ketones (excluding diaryl/α,β-unsaturated/α-hetero) is 1. The molecular formula is C27H22N4O5S. The van der Waals surface area contributed by atoms with Crippen molar-refractivity contribution >= 4 is 45.5 Å². The molecule has 37 heavy (non-hydrogen) atoms. The third-order valence-electron chi connectivity index (χ3n) is 6.00. The number of aliphatic hydroxyl groups excluding tert-OH is 1. The highest BCUT2D eigenvalue weighted by Gasteiger charge is 2.49. The van der Waals surface area contributed by atoms with E-state index in [1.165, 1.54) is 11.0 Å². The first kappa shape index (κ1) is 24.1. The molecule has 1 saturated heterocycles. The van der Waals surface area contributed by atoms with E-state index in [0.717, 1.165) is 11.3 Å². The number of anilines is 1. The van der Waals surface area contributed by atoms with Crippen LogP contribution in [0.1, 0.15) is 38.4 Å². The van der Waals surface area contributed by atoms with Crippen LogP contribution >= 0.6 is 11.3 Å². The molecular weight excluding hydrogens is 492 g/mol. The summed E-state index contributed by atoms with van der Waals surface area (Å²) >= 11 is 0.948. The van der Waals surface area contributed by atoms with Crippen LogP contribution in [0.2, 0.25) is 0 Å². The van der Waals surface area contributed by atoms with E-state index >= 15 is 0 Å². The van der Waals surface area contributed by atoms with Crippen molar-refractivity contribution in [2.45, 2.75) is 19.9 Å². The van der Waals surface area contributed by atoms with Gasteiger partial charge in [0.25, 0.3) is 5.78 Å². The Hall–Kier alpha value is -4.57. The summed E-state index contributed by atoms with van der Waals surface area (Å²) in [5.74, 6) is -2.66. The number of ether oxygens (including phenoxy) is 1. The minimum atomic E-state index is -0.975. The van der Waals surface area contributed by atoms with Crippen molar-refractivity contribution in [1.29, 1.82) is 0 Å². The molecule has 1 aliphatic rings. The Bertz CT molecular complexity index is 1600. The monoisotopic (exact) mass is 514 g/mol. The quantitative estimate of drug-likeness (QED) is 0.134. The van der Waals surface area contributed by atoms with Crippen LogP contribution in [0.25, 0.3) is 11.4 Å². The van der Waals surface area contributed by atoms with Crippen molar-refractivity contribution in [1.82, 2.24) is 14.4 Å². The van der Waals surface area contributed by atoms with E-state index in [-0.39, 0.29) is 27.9 Å². The molecule has 0 bridgehead atoms. The molecule has 1 amide bonds. The van der Waals surface area contributed by atoms with Crippen molar-refractivity contribution in [3.63, 3.8) is 0 Å². The third-order valence-corrected chi connectivity index (χ3v) is 7.13. The van der Waals surface area contributed by atoms with Gasteiger partial charge >= 0.3 is 11.9 Å². The molecule has 0 aliphatic carbocycles. The van der Waals surface area contributed by atoms with Crippen molar-refractivity contribution in [3.05, 3.63) is 100 Å². The molecule has 3 aromatic heterocycles. The summed E-state index contributed by atoms with van der Waals surface area (Å²) in [7, 11) is 0. The second-order valence-electron chi connectivity index (χ2n) is 8.35. The fraction of sp³-hybridized carbons (Fsp3) is 0.148. The lowest BCUT2D eigenvalue weighted by Gasteiger charge is -2.23. The van der Waals surface area contributed by atoms with Crippen LogP contribution in [0, 0.1) is 13.8 Å². The largest absolute Gasteiger partial charge is 0.505 e. The van der Waals surface area contributed by atoms with Gasteiger partial charge in [-0.15, -0.1) is 0 Å². The fourth-order valence-corrected chi connectivity index (χ4v) is 5.37. The minimum absolute atomic E-state index is 0.0265. The molecule has 4 aromatic rings. The highest BCUT2D eigenvalue weighted by atomic mass is 32.1. The first-order valence-corrected chi connectivity index (χ1v) is 12.2. The number of nitrogens with zero attached hydrogens (tertiary/aromatic N) is 4. The molecule has 1 aliphatic heterocycles. The number of rotatable bonds is 6. The van der Waals surface area contributed by atoms with Gasteiger partial charge in [-0.05, 0) is 31.5 Å². The van der Waals surface area contributed by atoms with E-state index in [4.69, 9.17) is 4.74 Å². The number of benzene rings is 1. The van der Waals surface area contributed by atoms with Crippen LogP contribution in [0.15, 0.2) is 73.0 Å².